The summed E-state index contributed by atoms with van der Waals surface area (Å²) in [6, 6.07) is 11.0. The van der Waals surface area contributed by atoms with Crippen molar-refractivity contribution in [2.45, 2.75) is 26.2 Å². The van der Waals surface area contributed by atoms with E-state index in [2.05, 4.69) is 36.0 Å². The molecule has 6 heteroatoms. The largest absolute Gasteiger partial charge is 0.206 e. The minimum Gasteiger partial charge on any atom is -0.206 e. The van der Waals surface area contributed by atoms with Crippen LogP contribution in [0.25, 0.3) is 23.3 Å². The maximum absolute atomic E-state index is 14.6. The summed E-state index contributed by atoms with van der Waals surface area (Å²) in [5, 5.41) is 1.92. The van der Waals surface area contributed by atoms with Crippen LogP contribution in [0.5, 0.6) is 0 Å². The van der Waals surface area contributed by atoms with Crippen LogP contribution >= 0.6 is 12.2 Å². The van der Waals surface area contributed by atoms with E-state index >= 15 is 0 Å². The molecule has 0 heterocycles. The van der Waals surface area contributed by atoms with Gasteiger partial charge < -0.3 is 0 Å². The number of nitrogens with zero attached hydrogens (tertiary/aromatic N) is 1. The van der Waals surface area contributed by atoms with E-state index in [1.165, 1.54) is 30.4 Å². The van der Waals surface area contributed by atoms with Crippen molar-refractivity contribution >= 4 is 35.2 Å². The SMILES string of the molecule is CCCCC#Cc1ccc(-c2ccc(/C=C/c3cc(F)c(N=C=S)c(F)c3)c(F)c2)c(F)c1. The Morgan fingerprint density at radius 3 is 2.27 bits per heavy atom. The van der Waals surface area contributed by atoms with Crippen molar-refractivity contribution in [1.82, 2.24) is 0 Å². The van der Waals surface area contributed by atoms with Gasteiger partial charge in [-0.2, -0.15) is 4.99 Å². The third-order valence-electron chi connectivity index (χ3n) is 4.82. The Morgan fingerprint density at radius 2 is 1.64 bits per heavy atom. The van der Waals surface area contributed by atoms with Gasteiger partial charge in [-0.05, 0) is 60.1 Å². The van der Waals surface area contributed by atoms with Gasteiger partial charge in [0.1, 0.15) is 17.3 Å². The van der Waals surface area contributed by atoms with Crippen LogP contribution in [0.2, 0.25) is 0 Å². The zero-order valence-corrected chi connectivity index (χ0v) is 18.6. The second-order valence-electron chi connectivity index (χ2n) is 7.21. The summed E-state index contributed by atoms with van der Waals surface area (Å²) in [5.74, 6) is 3.02. The predicted octanol–water partition coefficient (Wildman–Crippen LogP) is 8.36. The Labute approximate surface area is 195 Å². The molecule has 0 saturated heterocycles. The molecule has 166 valence electrons. The molecule has 0 N–H and O–H groups in total. The molecule has 3 aromatic carbocycles. The topological polar surface area (TPSA) is 12.4 Å². The third kappa shape index (κ3) is 6.26. The highest BCUT2D eigenvalue weighted by Gasteiger charge is 2.11. The van der Waals surface area contributed by atoms with Crippen molar-refractivity contribution in [2.75, 3.05) is 0 Å². The number of aliphatic imine (C=N–C) groups is 1. The molecule has 3 rings (SSSR count). The highest BCUT2D eigenvalue weighted by Crippen LogP contribution is 2.27. The Hall–Kier alpha value is -3.52. The van der Waals surface area contributed by atoms with Crippen LogP contribution < -0.4 is 0 Å². The van der Waals surface area contributed by atoms with E-state index in [1.807, 2.05) is 5.16 Å². The summed E-state index contributed by atoms with van der Waals surface area (Å²) in [4.78, 5) is 3.34. The first-order chi connectivity index (χ1) is 15.9. The molecular formula is C27H19F4NS. The average molecular weight is 466 g/mol. The van der Waals surface area contributed by atoms with Crippen LogP contribution in [0.3, 0.4) is 0 Å². The first-order valence-corrected chi connectivity index (χ1v) is 10.7. The summed E-state index contributed by atoms with van der Waals surface area (Å²) in [6.07, 6.45) is 5.53. The minimum absolute atomic E-state index is 0.179. The summed E-state index contributed by atoms with van der Waals surface area (Å²) in [5.41, 5.74) is 1.01. The van der Waals surface area contributed by atoms with E-state index in [4.69, 9.17) is 0 Å². The van der Waals surface area contributed by atoms with E-state index in [1.54, 1.807) is 18.2 Å². The fourth-order valence-corrected chi connectivity index (χ4v) is 3.20. The van der Waals surface area contributed by atoms with E-state index in [-0.39, 0.29) is 16.7 Å². The molecule has 0 amide bonds. The molecule has 0 aliphatic carbocycles. The number of halogens is 4. The quantitative estimate of drug-likeness (QED) is 0.0890. The van der Waals surface area contributed by atoms with Crippen LogP contribution in [0.4, 0.5) is 23.2 Å². The molecule has 0 aliphatic rings. The normalized spacial score (nSPS) is 10.6. The van der Waals surface area contributed by atoms with Crippen molar-refractivity contribution < 1.29 is 17.6 Å². The van der Waals surface area contributed by atoms with Gasteiger partial charge in [0.25, 0.3) is 0 Å². The molecule has 0 aliphatic heterocycles. The van der Waals surface area contributed by atoms with Crippen LogP contribution in [0.15, 0.2) is 53.5 Å². The minimum atomic E-state index is -0.906. The lowest BCUT2D eigenvalue weighted by molar-refractivity contribution is 0.587. The molecule has 0 spiro atoms. The van der Waals surface area contributed by atoms with Crippen molar-refractivity contribution in [3.8, 4) is 23.0 Å². The van der Waals surface area contributed by atoms with Crippen molar-refractivity contribution in [3.63, 3.8) is 0 Å². The van der Waals surface area contributed by atoms with Gasteiger partial charge in [-0.3, -0.25) is 0 Å². The number of unbranched alkanes of at least 4 members (excludes halogenated alkanes) is 2. The molecule has 3 aromatic rings. The van der Waals surface area contributed by atoms with Crippen molar-refractivity contribution in [3.05, 3.63) is 88.5 Å². The number of rotatable bonds is 6. The van der Waals surface area contributed by atoms with Gasteiger partial charge in [-0.15, -0.1) is 0 Å². The summed E-state index contributed by atoms with van der Waals surface area (Å²) in [7, 11) is 0. The van der Waals surface area contributed by atoms with Crippen LogP contribution in [0.1, 0.15) is 42.9 Å². The monoisotopic (exact) mass is 465 g/mol. The van der Waals surface area contributed by atoms with E-state index in [0.29, 0.717) is 11.1 Å². The lowest BCUT2D eigenvalue weighted by atomic mass is 10.0. The molecule has 0 bridgehead atoms. The van der Waals surface area contributed by atoms with Gasteiger partial charge in [0.05, 0.1) is 5.16 Å². The van der Waals surface area contributed by atoms with Crippen LogP contribution in [-0.4, -0.2) is 5.16 Å². The Kier molecular flexibility index (Phi) is 8.32. The maximum atomic E-state index is 14.6. The molecule has 0 radical (unpaired) electrons. The van der Waals surface area contributed by atoms with Gasteiger partial charge in [0.15, 0.2) is 11.6 Å². The molecule has 1 nitrogen and oxygen atoms in total. The number of hydrogen-bond acceptors (Lipinski definition) is 2. The highest BCUT2D eigenvalue weighted by atomic mass is 32.1. The second-order valence-corrected chi connectivity index (χ2v) is 7.39. The van der Waals surface area contributed by atoms with Gasteiger partial charge in [0.2, 0.25) is 0 Å². The summed E-state index contributed by atoms with van der Waals surface area (Å²) in [6.45, 7) is 2.08. The van der Waals surface area contributed by atoms with Crippen molar-refractivity contribution in [2.24, 2.45) is 4.99 Å². The fourth-order valence-electron chi connectivity index (χ4n) is 3.11. The van der Waals surface area contributed by atoms with Gasteiger partial charge >= 0.3 is 0 Å². The number of isothiocyanates is 1. The van der Waals surface area contributed by atoms with Gasteiger partial charge in [-0.1, -0.05) is 55.5 Å². The van der Waals surface area contributed by atoms with Crippen LogP contribution in [-0.2, 0) is 0 Å². The average Bonchev–Trinajstić information content (AvgIpc) is 2.78. The third-order valence-corrected chi connectivity index (χ3v) is 4.91. The number of hydrogen-bond donors (Lipinski definition) is 0. The molecule has 0 fully saturated rings. The lowest BCUT2D eigenvalue weighted by Crippen LogP contribution is -1.90. The number of thiocarbonyl (C=S) groups is 1. The maximum Gasteiger partial charge on any atom is 0.153 e. The van der Waals surface area contributed by atoms with E-state index < -0.39 is 29.0 Å². The van der Waals surface area contributed by atoms with Gasteiger partial charge in [-0.25, -0.2) is 17.6 Å². The Balaban J connectivity index is 1.82. The first-order valence-electron chi connectivity index (χ1n) is 10.3. The summed E-state index contributed by atoms with van der Waals surface area (Å²) >= 11 is 4.37. The second kappa shape index (κ2) is 11.4. The highest BCUT2D eigenvalue weighted by molar-refractivity contribution is 7.78. The van der Waals surface area contributed by atoms with E-state index in [9.17, 15) is 17.6 Å². The number of benzene rings is 3. The molecule has 33 heavy (non-hydrogen) atoms. The molecular weight excluding hydrogens is 446 g/mol. The Bertz CT molecular complexity index is 1290. The Morgan fingerprint density at radius 1 is 0.879 bits per heavy atom. The summed E-state index contributed by atoms with van der Waals surface area (Å²) < 4.78 is 57.1. The smallest absolute Gasteiger partial charge is 0.153 e. The van der Waals surface area contributed by atoms with Gasteiger partial charge in [0, 0.05) is 23.1 Å². The zero-order valence-electron chi connectivity index (χ0n) is 17.8. The molecule has 0 unspecified atom stereocenters. The fraction of sp³-hybridized carbons (Fsp3) is 0.148. The molecule has 0 saturated carbocycles. The zero-order chi connectivity index (χ0) is 23.8. The molecule has 0 atom stereocenters. The standard InChI is InChI=1S/C27H19F4NS/c1-2-3-4-5-6-18-8-12-22(24(29)13-18)21-11-10-20(23(28)16-21)9-7-19-14-25(30)27(32-17-33)26(31)15-19/h7-16H,2-4H2,1H3/b9-7+. The van der Waals surface area contributed by atoms with E-state index in [0.717, 1.165) is 31.4 Å². The van der Waals surface area contributed by atoms with Crippen molar-refractivity contribution in [1.29, 1.82) is 0 Å². The predicted molar refractivity (Wildman–Crippen MR) is 128 cm³/mol. The lowest BCUT2D eigenvalue weighted by Gasteiger charge is -2.06. The van der Waals surface area contributed by atoms with Crippen LogP contribution in [0, 0.1) is 35.1 Å². The first kappa shape index (κ1) is 24.1. The molecule has 0 aromatic heterocycles.